The van der Waals surface area contributed by atoms with Gasteiger partial charge in [0.15, 0.2) is 5.16 Å². The lowest BCUT2D eigenvalue weighted by atomic mass is 10.2. The third-order valence-corrected chi connectivity index (χ3v) is 4.25. The van der Waals surface area contributed by atoms with Gasteiger partial charge in [0.2, 0.25) is 5.91 Å². The SMILES string of the molecule is C=CCn1c(C)nnc1SC(C)C(=O)Nc1ccccc1C#N. The molecule has 0 aliphatic rings. The molecule has 0 saturated carbocycles. The monoisotopic (exact) mass is 327 g/mol. The van der Waals surface area contributed by atoms with Crippen LogP contribution in [0.1, 0.15) is 18.3 Å². The van der Waals surface area contributed by atoms with E-state index in [4.69, 9.17) is 5.26 Å². The molecule has 0 bridgehead atoms. The molecule has 6 nitrogen and oxygen atoms in total. The molecule has 0 aliphatic carbocycles. The van der Waals surface area contributed by atoms with Crippen LogP contribution in [0.15, 0.2) is 42.1 Å². The summed E-state index contributed by atoms with van der Waals surface area (Å²) in [4.78, 5) is 12.3. The first-order valence-electron chi connectivity index (χ1n) is 7.04. The molecule has 0 saturated heterocycles. The number of nitrogens with zero attached hydrogens (tertiary/aromatic N) is 4. The summed E-state index contributed by atoms with van der Waals surface area (Å²) in [6.07, 6.45) is 1.76. The van der Waals surface area contributed by atoms with Gasteiger partial charge in [0.05, 0.1) is 16.5 Å². The molecule has 0 radical (unpaired) electrons. The fourth-order valence-electron chi connectivity index (χ4n) is 1.92. The van der Waals surface area contributed by atoms with E-state index in [0.717, 1.165) is 5.82 Å². The van der Waals surface area contributed by atoms with E-state index in [1.54, 1.807) is 37.3 Å². The van der Waals surface area contributed by atoms with Gasteiger partial charge in [0, 0.05) is 6.54 Å². The van der Waals surface area contributed by atoms with Crippen LogP contribution >= 0.6 is 11.8 Å². The first-order valence-corrected chi connectivity index (χ1v) is 7.92. The molecule has 1 aromatic heterocycles. The first-order chi connectivity index (χ1) is 11.1. The van der Waals surface area contributed by atoms with Crippen molar-refractivity contribution in [2.24, 2.45) is 0 Å². The minimum Gasteiger partial charge on any atom is -0.324 e. The van der Waals surface area contributed by atoms with Crippen LogP contribution in [-0.4, -0.2) is 25.9 Å². The maximum absolute atomic E-state index is 12.3. The molecule has 1 N–H and O–H groups in total. The number of amides is 1. The zero-order chi connectivity index (χ0) is 16.8. The summed E-state index contributed by atoms with van der Waals surface area (Å²) in [5, 5.41) is 20.3. The summed E-state index contributed by atoms with van der Waals surface area (Å²) in [5.41, 5.74) is 0.944. The van der Waals surface area contributed by atoms with Crippen molar-refractivity contribution in [1.29, 1.82) is 5.26 Å². The number of aryl methyl sites for hydroxylation is 1. The van der Waals surface area contributed by atoms with Gasteiger partial charge in [-0.15, -0.1) is 16.8 Å². The highest BCUT2D eigenvalue weighted by atomic mass is 32.2. The predicted molar refractivity (Wildman–Crippen MR) is 90.1 cm³/mol. The molecule has 23 heavy (non-hydrogen) atoms. The summed E-state index contributed by atoms with van der Waals surface area (Å²) in [6.45, 7) is 7.95. The molecule has 0 fully saturated rings. The number of carbonyl (C=O) groups is 1. The van der Waals surface area contributed by atoms with Crippen LogP contribution in [0.5, 0.6) is 0 Å². The van der Waals surface area contributed by atoms with Crippen LogP contribution in [0, 0.1) is 18.3 Å². The number of benzene rings is 1. The van der Waals surface area contributed by atoms with Crippen LogP contribution in [-0.2, 0) is 11.3 Å². The minimum atomic E-state index is -0.381. The first kappa shape index (κ1) is 16.8. The standard InChI is InChI=1S/C16H17N5OS/c1-4-9-21-12(3)19-20-16(21)23-11(2)15(22)18-14-8-6-5-7-13(14)10-17/h4-8,11H,1,9H2,2-3H3,(H,18,22). The Morgan fingerprint density at radius 2 is 2.26 bits per heavy atom. The van der Waals surface area contributed by atoms with Crippen LogP contribution < -0.4 is 5.32 Å². The van der Waals surface area contributed by atoms with Crippen molar-refractivity contribution in [1.82, 2.24) is 14.8 Å². The number of carbonyl (C=O) groups excluding carboxylic acids is 1. The van der Waals surface area contributed by atoms with Gasteiger partial charge in [-0.05, 0) is 26.0 Å². The summed E-state index contributed by atoms with van der Waals surface area (Å²) in [6, 6.07) is 8.96. The van der Waals surface area contributed by atoms with Gasteiger partial charge in [0.25, 0.3) is 0 Å². The summed E-state index contributed by atoms with van der Waals surface area (Å²) >= 11 is 1.32. The third-order valence-electron chi connectivity index (χ3n) is 3.17. The molecule has 1 atom stereocenters. The summed E-state index contributed by atoms with van der Waals surface area (Å²) in [7, 11) is 0. The number of para-hydroxylation sites is 1. The Morgan fingerprint density at radius 3 is 2.96 bits per heavy atom. The van der Waals surface area contributed by atoms with E-state index in [2.05, 4.69) is 28.2 Å². The Balaban J connectivity index is 2.09. The van der Waals surface area contributed by atoms with Gasteiger partial charge < -0.3 is 9.88 Å². The van der Waals surface area contributed by atoms with Gasteiger partial charge in [0.1, 0.15) is 11.9 Å². The molecular formula is C16H17N5OS. The zero-order valence-electron chi connectivity index (χ0n) is 13.0. The van der Waals surface area contributed by atoms with E-state index in [1.807, 2.05) is 11.5 Å². The number of nitriles is 1. The zero-order valence-corrected chi connectivity index (χ0v) is 13.8. The second-order valence-corrected chi connectivity index (χ2v) is 6.14. The number of aromatic nitrogens is 3. The van der Waals surface area contributed by atoms with Gasteiger partial charge in [-0.2, -0.15) is 5.26 Å². The molecule has 0 spiro atoms. The Labute approximate surface area is 139 Å². The van der Waals surface area contributed by atoms with Crippen molar-refractivity contribution in [3.8, 4) is 6.07 Å². The van der Waals surface area contributed by atoms with E-state index in [9.17, 15) is 4.79 Å². The summed E-state index contributed by atoms with van der Waals surface area (Å²) in [5.74, 6) is 0.582. The average molecular weight is 327 g/mol. The summed E-state index contributed by atoms with van der Waals surface area (Å²) < 4.78 is 1.89. The van der Waals surface area contributed by atoms with E-state index in [1.165, 1.54) is 11.8 Å². The molecule has 2 aromatic rings. The molecule has 1 aromatic carbocycles. The average Bonchev–Trinajstić information content (AvgIpc) is 2.89. The van der Waals surface area contributed by atoms with Crippen molar-refractivity contribution in [3.05, 3.63) is 48.3 Å². The van der Waals surface area contributed by atoms with Crippen molar-refractivity contribution in [2.45, 2.75) is 30.8 Å². The number of hydrogen-bond acceptors (Lipinski definition) is 5. The molecular weight excluding hydrogens is 310 g/mol. The van der Waals surface area contributed by atoms with Gasteiger partial charge in [-0.3, -0.25) is 4.79 Å². The van der Waals surface area contributed by atoms with Crippen LogP contribution in [0.2, 0.25) is 0 Å². The maximum atomic E-state index is 12.3. The molecule has 118 valence electrons. The Bertz CT molecular complexity index is 762. The Kier molecular flexibility index (Phi) is 5.55. The highest BCUT2D eigenvalue weighted by molar-refractivity contribution is 8.00. The van der Waals surface area contributed by atoms with Gasteiger partial charge >= 0.3 is 0 Å². The van der Waals surface area contributed by atoms with Crippen molar-refractivity contribution >= 4 is 23.4 Å². The van der Waals surface area contributed by atoms with Crippen molar-refractivity contribution < 1.29 is 4.79 Å². The largest absolute Gasteiger partial charge is 0.324 e. The second-order valence-electron chi connectivity index (χ2n) is 4.84. The minimum absolute atomic E-state index is 0.191. The number of hydrogen-bond donors (Lipinski definition) is 1. The number of rotatable bonds is 6. The number of anilines is 1. The highest BCUT2D eigenvalue weighted by Gasteiger charge is 2.19. The number of thioether (sulfide) groups is 1. The normalized spacial score (nSPS) is 11.5. The predicted octanol–water partition coefficient (Wildman–Crippen LogP) is 2.76. The van der Waals surface area contributed by atoms with E-state index in [0.29, 0.717) is 23.0 Å². The lowest BCUT2D eigenvalue weighted by molar-refractivity contribution is -0.115. The smallest absolute Gasteiger partial charge is 0.237 e. The molecule has 1 amide bonds. The molecule has 7 heteroatoms. The van der Waals surface area contributed by atoms with E-state index < -0.39 is 0 Å². The Hall–Kier alpha value is -2.59. The fraction of sp³-hybridized carbons (Fsp3) is 0.250. The third kappa shape index (κ3) is 3.99. The van der Waals surface area contributed by atoms with E-state index in [-0.39, 0.29) is 11.2 Å². The fourth-order valence-corrected chi connectivity index (χ4v) is 2.83. The van der Waals surface area contributed by atoms with Crippen LogP contribution in [0.3, 0.4) is 0 Å². The molecule has 1 unspecified atom stereocenters. The number of nitrogens with one attached hydrogen (secondary N) is 1. The Morgan fingerprint density at radius 1 is 1.52 bits per heavy atom. The number of allylic oxidation sites excluding steroid dienone is 1. The quantitative estimate of drug-likeness (QED) is 0.651. The highest BCUT2D eigenvalue weighted by Crippen LogP contribution is 2.24. The molecule has 0 aliphatic heterocycles. The molecule has 1 heterocycles. The topological polar surface area (TPSA) is 83.6 Å². The van der Waals surface area contributed by atoms with Gasteiger partial charge in [-0.1, -0.05) is 30.0 Å². The van der Waals surface area contributed by atoms with Crippen molar-refractivity contribution in [2.75, 3.05) is 5.32 Å². The lowest BCUT2D eigenvalue weighted by Crippen LogP contribution is -2.23. The lowest BCUT2D eigenvalue weighted by Gasteiger charge is -2.13. The van der Waals surface area contributed by atoms with Crippen molar-refractivity contribution in [3.63, 3.8) is 0 Å². The van der Waals surface area contributed by atoms with E-state index >= 15 is 0 Å². The second kappa shape index (κ2) is 7.61. The van der Waals surface area contributed by atoms with Crippen LogP contribution in [0.25, 0.3) is 0 Å². The van der Waals surface area contributed by atoms with Crippen LogP contribution in [0.4, 0.5) is 5.69 Å². The maximum Gasteiger partial charge on any atom is 0.237 e. The van der Waals surface area contributed by atoms with Gasteiger partial charge in [-0.25, -0.2) is 0 Å². The molecule has 2 rings (SSSR count).